The minimum Gasteiger partial charge on any atom is -0.337 e. The van der Waals surface area contributed by atoms with Crippen molar-refractivity contribution in [3.05, 3.63) is 27.7 Å². The van der Waals surface area contributed by atoms with E-state index >= 15 is 0 Å². The Morgan fingerprint density at radius 3 is 2.35 bits per heavy atom. The van der Waals surface area contributed by atoms with E-state index in [1.807, 2.05) is 20.8 Å². The van der Waals surface area contributed by atoms with E-state index in [0.717, 1.165) is 0 Å². The molecule has 0 saturated carbocycles. The minimum atomic E-state index is -3.88. The Kier molecular flexibility index (Phi) is 5.34. The standard InChI is InChI=1S/C13H19BrN2O3S/c1-5-16(8(2)3)13(17)10-6-9(4)12(14)11(7-10)20(15,18)19/h6-8H,5H2,1-4H3,(H2,15,18,19). The molecule has 1 amide bonds. The van der Waals surface area contributed by atoms with Gasteiger partial charge in [-0.25, -0.2) is 13.6 Å². The second kappa shape index (κ2) is 6.24. The molecule has 5 nitrogen and oxygen atoms in total. The van der Waals surface area contributed by atoms with E-state index < -0.39 is 10.0 Å². The van der Waals surface area contributed by atoms with E-state index in [-0.39, 0.29) is 16.8 Å². The van der Waals surface area contributed by atoms with Crippen LogP contribution in [-0.4, -0.2) is 31.8 Å². The molecular formula is C13H19BrN2O3S. The predicted molar refractivity (Wildman–Crippen MR) is 82.1 cm³/mol. The van der Waals surface area contributed by atoms with Gasteiger partial charge in [0.05, 0.1) is 4.90 Å². The fraction of sp³-hybridized carbons (Fsp3) is 0.462. The van der Waals surface area contributed by atoms with Gasteiger partial charge in [0.1, 0.15) is 0 Å². The number of aryl methyl sites for hydroxylation is 1. The van der Waals surface area contributed by atoms with E-state index in [9.17, 15) is 13.2 Å². The van der Waals surface area contributed by atoms with Crippen molar-refractivity contribution in [1.82, 2.24) is 4.90 Å². The molecule has 0 saturated heterocycles. The molecule has 0 unspecified atom stereocenters. The third kappa shape index (κ3) is 3.59. The first-order valence-electron chi connectivity index (χ1n) is 6.23. The second-order valence-electron chi connectivity index (χ2n) is 4.84. The molecule has 0 aliphatic rings. The van der Waals surface area contributed by atoms with Crippen molar-refractivity contribution in [2.24, 2.45) is 5.14 Å². The Balaban J connectivity index is 3.42. The lowest BCUT2D eigenvalue weighted by Gasteiger charge is -2.25. The number of sulfonamides is 1. The summed E-state index contributed by atoms with van der Waals surface area (Å²) >= 11 is 3.20. The predicted octanol–water partition coefficient (Wildman–Crippen LogP) is 2.28. The van der Waals surface area contributed by atoms with Crippen LogP contribution in [0.4, 0.5) is 0 Å². The van der Waals surface area contributed by atoms with Gasteiger partial charge in [-0.05, 0) is 61.3 Å². The molecule has 1 rings (SSSR count). The summed E-state index contributed by atoms with van der Waals surface area (Å²) in [6.45, 7) is 7.98. The average Bonchev–Trinajstić information content (AvgIpc) is 2.31. The zero-order valence-corrected chi connectivity index (χ0v) is 14.4. The zero-order valence-electron chi connectivity index (χ0n) is 12.0. The number of nitrogens with two attached hydrogens (primary N) is 1. The molecule has 0 spiro atoms. The first-order valence-corrected chi connectivity index (χ1v) is 8.57. The number of carbonyl (C=O) groups excluding carboxylic acids is 1. The normalized spacial score (nSPS) is 11.8. The van der Waals surface area contributed by atoms with Gasteiger partial charge in [0.15, 0.2) is 0 Å². The Morgan fingerprint density at radius 1 is 1.40 bits per heavy atom. The quantitative estimate of drug-likeness (QED) is 0.891. The number of halogens is 1. The molecular weight excluding hydrogens is 344 g/mol. The average molecular weight is 363 g/mol. The molecule has 0 aliphatic heterocycles. The fourth-order valence-corrected chi connectivity index (χ4v) is 3.58. The molecule has 0 fully saturated rings. The summed E-state index contributed by atoms with van der Waals surface area (Å²) in [5, 5.41) is 5.18. The number of primary sulfonamides is 1. The molecule has 0 aliphatic carbocycles. The molecule has 112 valence electrons. The summed E-state index contributed by atoms with van der Waals surface area (Å²) in [6.07, 6.45) is 0. The number of benzene rings is 1. The minimum absolute atomic E-state index is 0.0365. The highest BCUT2D eigenvalue weighted by atomic mass is 79.9. The maximum atomic E-state index is 12.4. The van der Waals surface area contributed by atoms with E-state index in [0.29, 0.717) is 22.1 Å². The number of hydrogen-bond donors (Lipinski definition) is 1. The van der Waals surface area contributed by atoms with Crippen molar-refractivity contribution in [1.29, 1.82) is 0 Å². The summed E-state index contributed by atoms with van der Waals surface area (Å²) in [5.41, 5.74) is 0.977. The summed E-state index contributed by atoms with van der Waals surface area (Å²) in [4.78, 5) is 14.0. The van der Waals surface area contributed by atoms with Crippen LogP contribution in [0.2, 0.25) is 0 Å². The van der Waals surface area contributed by atoms with Gasteiger partial charge in [0.25, 0.3) is 5.91 Å². The first-order chi connectivity index (χ1) is 9.09. The molecule has 0 radical (unpaired) electrons. The van der Waals surface area contributed by atoms with Crippen LogP contribution in [0.1, 0.15) is 36.7 Å². The molecule has 7 heteroatoms. The topological polar surface area (TPSA) is 80.5 Å². The Hall–Kier alpha value is -0.920. The lowest BCUT2D eigenvalue weighted by molar-refractivity contribution is 0.0716. The molecule has 0 bridgehead atoms. The Bertz CT molecular complexity index is 627. The summed E-state index contributed by atoms with van der Waals surface area (Å²) in [6, 6.07) is 3.01. The lowest BCUT2D eigenvalue weighted by atomic mass is 10.1. The van der Waals surface area contributed by atoms with Gasteiger partial charge in [-0.2, -0.15) is 0 Å². The van der Waals surface area contributed by atoms with Crippen molar-refractivity contribution >= 4 is 31.9 Å². The Labute approximate surface area is 128 Å². The van der Waals surface area contributed by atoms with Gasteiger partial charge in [0.2, 0.25) is 10.0 Å². The van der Waals surface area contributed by atoms with E-state index in [2.05, 4.69) is 15.9 Å². The number of carbonyl (C=O) groups is 1. The van der Waals surface area contributed by atoms with E-state index in [4.69, 9.17) is 5.14 Å². The molecule has 2 N–H and O–H groups in total. The van der Waals surface area contributed by atoms with E-state index in [1.165, 1.54) is 6.07 Å². The van der Waals surface area contributed by atoms with Crippen molar-refractivity contribution < 1.29 is 13.2 Å². The van der Waals surface area contributed by atoms with Crippen molar-refractivity contribution in [3.63, 3.8) is 0 Å². The van der Waals surface area contributed by atoms with Crippen LogP contribution in [0.25, 0.3) is 0 Å². The zero-order chi connectivity index (χ0) is 15.7. The largest absolute Gasteiger partial charge is 0.337 e. The number of nitrogens with zero attached hydrogens (tertiary/aromatic N) is 1. The highest BCUT2D eigenvalue weighted by Crippen LogP contribution is 2.27. The van der Waals surface area contributed by atoms with Gasteiger partial charge in [-0.1, -0.05) is 0 Å². The molecule has 1 aromatic carbocycles. The highest BCUT2D eigenvalue weighted by molar-refractivity contribution is 9.10. The highest BCUT2D eigenvalue weighted by Gasteiger charge is 2.22. The summed E-state index contributed by atoms with van der Waals surface area (Å²) in [5.74, 6) is -0.206. The van der Waals surface area contributed by atoms with Crippen molar-refractivity contribution in [2.45, 2.75) is 38.6 Å². The van der Waals surface area contributed by atoms with Crippen molar-refractivity contribution in [2.75, 3.05) is 6.54 Å². The SMILES string of the molecule is CCN(C(=O)c1cc(C)c(Br)c(S(N)(=O)=O)c1)C(C)C. The maximum Gasteiger partial charge on any atom is 0.254 e. The fourth-order valence-electron chi connectivity index (χ4n) is 1.98. The molecule has 20 heavy (non-hydrogen) atoms. The third-order valence-corrected chi connectivity index (χ3v) is 5.25. The van der Waals surface area contributed by atoms with Crippen LogP contribution in [0.15, 0.2) is 21.5 Å². The molecule has 1 aromatic rings. The maximum absolute atomic E-state index is 12.4. The van der Waals surface area contributed by atoms with Crippen LogP contribution in [0, 0.1) is 6.92 Å². The number of hydrogen-bond acceptors (Lipinski definition) is 3. The molecule has 0 heterocycles. The van der Waals surface area contributed by atoms with Crippen LogP contribution in [0.5, 0.6) is 0 Å². The number of amides is 1. The summed E-state index contributed by atoms with van der Waals surface area (Å²) in [7, 11) is -3.88. The van der Waals surface area contributed by atoms with E-state index in [1.54, 1.807) is 17.9 Å². The van der Waals surface area contributed by atoms with Gasteiger partial charge < -0.3 is 4.90 Å². The smallest absolute Gasteiger partial charge is 0.254 e. The second-order valence-corrected chi connectivity index (χ2v) is 7.16. The molecule has 0 atom stereocenters. The van der Waals surface area contributed by atoms with Crippen LogP contribution in [-0.2, 0) is 10.0 Å². The Morgan fingerprint density at radius 2 is 1.95 bits per heavy atom. The monoisotopic (exact) mass is 362 g/mol. The van der Waals surface area contributed by atoms with Gasteiger partial charge in [-0.15, -0.1) is 0 Å². The lowest BCUT2D eigenvalue weighted by Crippen LogP contribution is -2.36. The van der Waals surface area contributed by atoms with Crippen LogP contribution < -0.4 is 5.14 Å². The van der Waals surface area contributed by atoms with Gasteiger partial charge in [0, 0.05) is 22.6 Å². The van der Waals surface area contributed by atoms with Crippen molar-refractivity contribution in [3.8, 4) is 0 Å². The van der Waals surface area contributed by atoms with Crippen LogP contribution in [0.3, 0.4) is 0 Å². The molecule has 0 aromatic heterocycles. The first kappa shape index (κ1) is 17.1. The number of rotatable bonds is 4. The summed E-state index contributed by atoms with van der Waals surface area (Å²) < 4.78 is 23.5. The van der Waals surface area contributed by atoms with Gasteiger partial charge >= 0.3 is 0 Å². The third-order valence-electron chi connectivity index (χ3n) is 3.00. The van der Waals surface area contributed by atoms with Gasteiger partial charge in [-0.3, -0.25) is 4.79 Å². The van der Waals surface area contributed by atoms with Crippen LogP contribution >= 0.6 is 15.9 Å².